The fourth-order valence-corrected chi connectivity index (χ4v) is 4.51. The molecule has 0 aliphatic carbocycles. The number of nitrogens with one attached hydrogen (secondary N) is 1. The highest BCUT2D eigenvalue weighted by Crippen LogP contribution is 2.32. The van der Waals surface area contributed by atoms with Gasteiger partial charge in [0.05, 0.1) is 0 Å². The SMILES string of the molecule is Cc1ccc2c(CSc3nnc(Nc4ccccc4)s3)cc(=O)oc2c1C. The molecule has 7 heteroatoms. The molecule has 0 amide bonds. The van der Waals surface area contributed by atoms with Gasteiger partial charge in [-0.2, -0.15) is 0 Å². The van der Waals surface area contributed by atoms with E-state index in [1.54, 1.807) is 17.8 Å². The molecule has 27 heavy (non-hydrogen) atoms. The highest BCUT2D eigenvalue weighted by molar-refractivity contribution is 8.00. The highest BCUT2D eigenvalue weighted by Gasteiger charge is 2.11. The maximum Gasteiger partial charge on any atom is 0.336 e. The van der Waals surface area contributed by atoms with Crippen LogP contribution < -0.4 is 10.9 Å². The minimum atomic E-state index is -0.324. The molecular weight excluding hydrogens is 378 g/mol. The Bertz CT molecular complexity index is 1150. The molecule has 0 radical (unpaired) electrons. The predicted octanol–water partition coefficient (Wildman–Crippen LogP) is 5.30. The molecule has 0 fully saturated rings. The lowest BCUT2D eigenvalue weighted by Crippen LogP contribution is -2.01. The summed E-state index contributed by atoms with van der Waals surface area (Å²) in [5, 5.41) is 13.4. The van der Waals surface area contributed by atoms with Crippen molar-refractivity contribution in [2.75, 3.05) is 5.32 Å². The van der Waals surface area contributed by atoms with Crippen molar-refractivity contribution in [3.63, 3.8) is 0 Å². The fourth-order valence-electron chi connectivity index (χ4n) is 2.75. The van der Waals surface area contributed by atoms with E-state index in [9.17, 15) is 4.79 Å². The molecule has 2 aromatic heterocycles. The Morgan fingerprint density at radius 3 is 2.74 bits per heavy atom. The van der Waals surface area contributed by atoms with Crippen LogP contribution in [-0.2, 0) is 5.75 Å². The van der Waals surface area contributed by atoms with E-state index in [-0.39, 0.29) is 5.63 Å². The first-order valence-electron chi connectivity index (χ1n) is 8.41. The summed E-state index contributed by atoms with van der Waals surface area (Å²) >= 11 is 3.05. The minimum Gasteiger partial charge on any atom is -0.422 e. The standard InChI is InChI=1S/C20H17N3O2S2/c1-12-8-9-16-14(10-17(24)25-18(16)13(12)2)11-26-20-23-22-19(27-20)21-15-6-4-3-5-7-15/h3-10H,11H2,1-2H3,(H,21,22). The van der Waals surface area contributed by atoms with Gasteiger partial charge in [0.2, 0.25) is 5.13 Å². The van der Waals surface area contributed by atoms with Crippen LogP contribution in [0.5, 0.6) is 0 Å². The van der Waals surface area contributed by atoms with Crippen LogP contribution >= 0.6 is 23.1 Å². The van der Waals surface area contributed by atoms with Gasteiger partial charge >= 0.3 is 5.63 Å². The number of aryl methyl sites for hydroxylation is 2. The molecule has 4 aromatic rings. The second-order valence-corrected chi connectivity index (χ2v) is 8.33. The number of hydrogen-bond acceptors (Lipinski definition) is 7. The largest absolute Gasteiger partial charge is 0.422 e. The molecule has 0 spiro atoms. The van der Waals surface area contributed by atoms with Crippen molar-refractivity contribution in [2.24, 2.45) is 0 Å². The van der Waals surface area contributed by atoms with E-state index in [1.165, 1.54) is 11.3 Å². The summed E-state index contributed by atoms with van der Waals surface area (Å²) in [5.74, 6) is 0.630. The first-order valence-corrected chi connectivity index (χ1v) is 10.2. The lowest BCUT2D eigenvalue weighted by Gasteiger charge is -2.08. The molecule has 0 saturated carbocycles. The number of rotatable bonds is 5. The molecule has 1 N–H and O–H groups in total. The van der Waals surface area contributed by atoms with Crippen LogP contribution in [0.4, 0.5) is 10.8 Å². The van der Waals surface area contributed by atoms with Crippen molar-refractivity contribution in [1.82, 2.24) is 10.2 Å². The maximum absolute atomic E-state index is 12.0. The minimum absolute atomic E-state index is 0.324. The van der Waals surface area contributed by atoms with Crippen LogP contribution in [0, 0.1) is 13.8 Å². The van der Waals surface area contributed by atoms with Gasteiger partial charge < -0.3 is 9.73 Å². The molecule has 2 heterocycles. The Labute approximate surface area is 164 Å². The van der Waals surface area contributed by atoms with Gasteiger partial charge in [-0.25, -0.2) is 4.79 Å². The zero-order valence-corrected chi connectivity index (χ0v) is 16.5. The van der Waals surface area contributed by atoms with Gasteiger partial charge in [0.25, 0.3) is 0 Å². The summed E-state index contributed by atoms with van der Waals surface area (Å²) in [7, 11) is 0. The van der Waals surface area contributed by atoms with Crippen LogP contribution in [0.1, 0.15) is 16.7 Å². The van der Waals surface area contributed by atoms with Crippen molar-refractivity contribution < 1.29 is 4.42 Å². The second kappa shape index (κ2) is 7.54. The van der Waals surface area contributed by atoms with Gasteiger partial charge in [0.15, 0.2) is 4.34 Å². The molecule has 0 unspecified atom stereocenters. The predicted molar refractivity (Wildman–Crippen MR) is 111 cm³/mol. The molecule has 4 rings (SSSR count). The van der Waals surface area contributed by atoms with E-state index in [0.717, 1.165) is 37.2 Å². The summed E-state index contributed by atoms with van der Waals surface area (Å²) < 4.78 is 6.28. The van der Waals surface area contributed by atoms with Crippen molar-refractivity contribution >= 4 is 44.9 Å². The Morgan fingerprint density at radius 1 is 1.11 bits per heavy atom. The third-order valence-electron chi connectivity index (χ3n) is 4.30. The molecule has 0 aliphatic heterocycles. The van der Waals surface area contributed by atoms with Crippen LogP contribution in [0.25, 0.3) is 11.0 Å². The highest BCUT2D eigenvalue weighted by atomic mass is 32.2. The fraction of sp³-hybridized carbons (Fsp3) is 0.150. The van der Waals surface area contributed by atoms with E-state index >= 15 is 0 Å². The molecule has 5 nitrogen and oxygen atoms in total. The topological polar surface area (TPSA) is 68.0 Å². The van der Waals surface area contributed by atoms with Gasteiger partial charge in [-0.3, -0.25) is 0 Å². The van der Waals surface area contributed by atoms with Crippen LogP contribution in [0.15, 0.2) is 62.1 Å². The van der Waals surface area contributed by atoms with Gasteiger partial charge in [0.1, 0.15) is 5.58 Å². The Morgan fingerprint density at radius 2 is 1.93 bits per heavy atom. The first kappa shape index (κ1) is 17.8. The Hall–Kier alpha value is -2.64. The average Bonchev–Trinajstić information content (AvgIpc) is 3.11. The van der Waals surface area contributed by atoms with Crippen LogP contribution in [0.2, 0.25) is 0 Å². The Kier molecular flexibility index (Phi) is 4.96. The molecule has 0 atom stereocenters. The summed E-state index contributed by atoms with van der Waals surface area (Å²) in [6.45, 7) is 3.99. The maximum atomic E-state index is 12.0. The molecule has 0 saturated heterocycles. The smallest absolute Gasteiger partial charge is 0.336 e. The number of aromatic nitrogens is 2. The monoisotopic (exact) mass is 395 g/mol. The van der Waals surface area contributed by atoms with Crippen molar-refractivity contribution in [1.29, 1.82) is 0 Å². The molecule has 2 aromatic carbocycles. The van der Waals surface area contributed by atoms with E-state index < -0.39 is 0 Å². The molecular formula is C20H17N3O2S2. The van der Waals surface area contributed by atoms with E-state index in [2.05, 4.69) is 21.6 Å². The molecule has 0 aliphatic rings. The third-order valence-corrected chi connectivity index (χ3v) is 6.32. The normalized spacial score (nSPS) is 11.0. The summed E-state index contributed by atoms with van der Waals surface area (Å²) in [4.78, 5) is 12.0. The second-order valence-electron chi connectivity index (χ2n) is 6.13. The quantitative estimate of drug-likeness (QED) is 0.365. The molecule has 0 bridgehead atoms. The number of fused-ring (bicyclic) bond motifs is 1. The van der Waals surface area contributed by atoms with E-state index in [1.807, 2.05) is 50.2 Å². The summed E-state index contributed by atoms with van der Waals surface area (Å²) in [5.41, 5.74) is 4.38. The number of thioether (sulfide) groups is 1. The summed E-state index contributed by atoms with van der Waals surface area (Å²) in [6, 6.07) is 15.5. The van der Waals surface area contributed by atoms with E-state index in [0.29, 0.717) is 11.3 Å². The van der Waals surface area contributed by atoms with Gasteiger partial charge in [0, 0.05) is 22.9 Å². The van der Waals surface area contributed by atoms with Crippen molar-refractivity contribution in [3.05, 3.63) is 75.6 Å². The molecule has 136 valence electrons. The summed E-state index contributed by atoms with van der Waals surface area (Å²) in [6.07, 6.45) is 0. The van der Waals surface area contributed by atoms with Crippen LogP contribution in [0.3, 0.4) is 0 Å². The number of benzene rings is 2. The average molecular weight is 396 g/mol. The first-order chi connectivity index (χ1) is 13.1. The third kappa shape index (κ3) is 3.89. The van der Waals surface area contributed by atoms with Gasteiger partial charge in [-0.1, -0.05) is 53.4 Å². The van der Waals surface area contributed by atoms with Gasteiger partial charge in [-0.05, 0) is 42.7 Å². The Balaban J connectivity index is 1.54. The van der Waals surface area contributed by atoms with E-state index in [4.69, 9.17) is 4.42 Å². The number of nitrogens with zero attached hydrogens (tertiary/aromatic N) is 2. The number of anilines is 2. The zero-order chi connectivity index (χ0) is 18.8. The lowest BCUT2D eigenvalue weighted by molar-refractivity contribution is 0.557. The van der Waals surface area contributed by atoms with Crippen LogP contribution in [-0.4, -0.2) is 10.2 Å². The number of para-hydroxylation sites is 1. The van der Waals surface area contributed by atoms with Gasteiger partial charge in [-0.15, -0.1) is 10.2 Å². The van der Waals surface area contributed by atoms with Crippen molar-refractivity contribution in [2.45, 2.75) is 23.9 Å². The zero-order valence-electron chi connectivity index (χ0n) is 14.9. The van der Waals surface area contributed by atoms with Crippen molar-refractivity contribution in [3.8, 4) is 0 Å². The lowest BCUT2D eigenvalue weighted by atomic mass is 10.0. The number of hydrogen-bond donors (Lipinski definition) is 1.